The fourth-order valence-electron chi connectivity index (χ4n) is 0.662. The van der Waals surface area contributed by atoms with E-state index in [1.54, 1.807) is 12.2 Å². The van der Waals surface area contributed by atoms with Crippen molar-refractivity contribution in [2.45, 2.75) is 0 Å². The van der Waals surface area contributed by atoms with Crippen molar-refractivity contribution in [1.82, 2.24) is 4.98 Å². The molecule has 0 saturated heterocycles. The molecule has 0 fully saturated rings. The predicted octanol–water partition coefficient (Wildman–Crippen LogP) is -0.771. The number of oxazole rings is 1. The third-order valence-electron chi connectivity index (χ3n) is 1.09. The van der Waals surface area contributed by atoms with Crippen LogP contribution in [0.2, 0.25) is 0 Å². The summed E-state index contributed by atoms with van der Waals surface area (Å²) in [5.41, 5.74) is 0.432. The lowest BCUT2D eigenvalue weighted by molar-refractivity contribution is 0.501. The summed E-state index contributed by atoms with van der Waals surface area (Å²) < 4.78 is 4.87. The van der Waals surface area contributed by atoms with Gasteiger partial charge in [0, 0.05) is 11.9 Å². The largest absolute Gasteiger partial charge is 0.424 e. The molecule has 1 aliphatic heterocycles. The maximum atomic E-state index is 4.87. The van der Waals surface area contributed by atoms with E-state index in [1.165, 1.54) is 6.39 Å². The summed E-state index contributed by atoms with van der Waals surface area (Å²) in [5, 5.41) is 7.90. The Morgan fingerprint density at radius 1 is 1.50 bits per heavy atom. The van der Waals surface area contributed by atoms with Crippen molar-refractivity contribution in [2.24, 2.45) is 10.2 Å². The highest BCUT2D eigenvalue weighted by molar-refractivity contribution is 5.62. The van der Waals surface area contributed by atoms with Gasteiger partial charge in [-0.25, -0.2) is 4.98 Å². The number of hydrogen-bond donors (Lipinski definition) is 0. The van der Waals surface area contributed by atoms with Crippen LogP contribution >= 0.6 is 0 Å². The van der Waals surface area contributed by atoms with Gasteiger partial charge < -0.3 is 4.42 Å². The van der Waals surface area contributed by atoms with Gasteiger partial charge in [0.25, 0.3) is 5.55 Å². The molecule has 48 valence electrons. The van der Waals surface area contributed by atoms with Crippen LogP contribution in [0, 0.1) is 0 Å². The van der Waals surface area contributed by atoms with Gasteiger partial charge in [-0.2, -0.15) is 0 Å². The van der Waals surface area contributed by atoms with Crippen LogP contribution in [0.3, 0.4) is 0 Å². The first-order chi connectivity index (χ1) is 4.97. The Balaban J connectivity index is 2.94. The number of aromatic nitrogens is 1. The summed E-state index contributed by atoms with van der Waals surface area (Å²) in [6.45, 7) is 0. The Morgan fingerprint density at radius 2 is 2.50 bits per heavy atom. The van der Waals surface area contributed by atoms with E-state index in [4.69, 9.17) is 4.42 Å². The van der Waals surface area contributed by atoms with Gasteiger partial charge in [-0.3, -0.25) is 0 Å². The van der Waals surface area contributed by atoms with Crippen LogP contribution in [0.15, 0.2) is 27.1 Å². The van der Waals surface area contributed by atoms with Crippen molar-refractivity contribution in [1.29, 1.82) is 0 Å². The van der Waals surface area contributed by atoms with Crippen molar-refractivity contribution < 1.29 is 4.42 Å². The van der Waals surface area contributed by atoms with Crippen LogP contribution in [0.5, 0.6) is 0 Å². The van der Waals surface area contributed by atoms with E-state index < -0.39 is 0 Å². The highest BCUT2D eigenvalue weighted by atomic mass is 16.3. The van der Waals surface area contributed by atoms with Crippen molar-refractivity contribution in [2.75, 3.05) is 0 Å². The third-order valence-corrected chi connectivity index (χ3v) is 1.09. The maximum absolute atomic E-state index is 4.87. The molecular formula is C6H3N3O. The minimum absolute atomic E-state index is 0.432. The first-order valence-electron chi connectivity index (χ1n) is 2.73. The number of rotatable bonds is 0. The van der Waals surface area contributed by atoms with E-state index in [0.29, 0.717) is 10.9 Å². The van der Waals surface area contributed by atoms with Crippen molar-refractivity contribution in [3.8, 4) is 0 Å². The zero-order valence-corrected chi connectivity index (χ0v) is 4.98. The Hall–Kier alpha value is -1.67. The van der Waals surface area contributed by atoms with E-state index >= 15 is 0 Å². The molecule has 0 aliphatic carbocycles. The molecule has 0 unspecified atom stereocenters. The zero-order chi connectivity index (χ0) is 6.81. The highest BCUT2D eigenvalue weighted by Gasteiger charge is 1.89. The van der Waals surface area contributed by atoms with Gasteiger partial charge in [0.15, 0.2) is 6.39 Å². The van der Waals surface area contributed by atoms with E-state index in [-0.39, 0.29) is 0 Å². The minimum atomic E-state index is 0.432. The van der Waals surface area contributed by atoms with Crippen LogP contribution in [0.25, 0.3) is 6.08 Å². The summed E-state index contributed by atoms with van der Waals surface area (Å²) in [7, 11) is 0. The molecular weight excluding hydrogens is 130 g/mol. The summed E-state index contributed by atoms with van der Waals surface area (Å²) in [6.07, 6.45) is 4.70. The molecule has 0 bridgehead atoms. The van der Waals surface area contributed by atoms with Gasteiger partial charge in [0.2, 0.25) is 0 Å². The van der Waals surface area contributed by atoms with Gasteiger partial charge in [0.1, 0.15) is 5.35 Å². The monoisotopic (exact) mass is 133 g/mol. The lowest BCUT2D eigenvalue weighted by Crippen LogP contribution is -2.20. The molecule has 0 radical (unpaired) electrons. The quantitative estimate of drug-likeness (QED) is 0.466. The topological polar surface area (TPSA) is 50.8 Å². The zero-order valence-electron chi connectivity index (χ0n) is 4.98. The molecule has 0 atom stereocenters. The first kappa shape index (κ1) is 5.14. The second-order valence-electron chi connectivity index (χ2n) is 1.71. The van der Waals surface area contributed by atoms with Crippen LogP contribution in [-0.4, -0.2) is 10.9 Å². The average molecular weight is 133 g/mol. The molecule has 1 aromatic rings. The van der Waals surface area contributed by atoms with E-state index in [1.807, 2.05) is 0 Å². The number of hydrogen-bond acceptors (Lipinski definition) is 4. The maximum Gasteiger partial charge on any atom is 0.266 e. The predicted molar refractivity (Wildman–Crippen MR) is 33.8 cm³/mol. The molecule has 2 heterocycles. The van der Waals surface area contributed by atoms with Crippen molar-refractivity contribution in [3.63, 3.8) is 0 Å². The fraction of sp³-hybridized carbons (Fsp3) is 0. The summed E-state index contributed by atoms with van der Waals surface area (Å²) >= 11 is 0. The summed E-state index contributed by atoms with van der Waals surface area (Å²) in [5.74, 6) is 2.56. The molecule has 2 rings (SSSR count). The molecule has 0 spiro atoms. The Morgan fingerprint density at radius 3 is 3.50 bits per heavy atom. The van der Waals surface area contributed by atoms with E-state index in [9.17, 15) is 0 Å². The Bertz CT molecular complexity index is 374. The Labute approximate surface area is 55.9 Å². The minimum Gasteiger partial charge on any atom is -0.424 e. The second-order valence-corrected chi connectivity index (χ2v) is 1.71. The first-order valence-corrected chi connectivity index (χ1v) is 2.73. The van der Waals surface area contributed by atoms with Gasteiger partial charge in [-0.1, -0.05) is 0 Å². The summed E-state index contributed by atoms with van der Waals surface area (Å²) in [6, 6.07) is 0. The van der Waals surface area contributed by atoms with Gasteiger partial charge in [0.05, 0.1) is 0 Å². The molecule has 0 N–H and O–H groups in total. The van der Waals surface area contributed by atoms with Gasteiger partial charge in [-0.05, 0) is 6.08 Å². The molecule has 0 amide bonds. The smallest absolute Gasteiger partial charge is 0.266 e. The van der Waals surface area contributed by atoms with Gasteiger partial charge in [-0.15, -0.1) is 10.2 Å². The van der Waals surface area contributed by atoms with Crippen LogP contribution in [-0.2, 0) is 0 Å². The highest BCUT2D eigenvalue weighted by Crippen LogP contribution is 1.71. The Kier molecular flexibility index (Phi) is 0.993. The van der Waals surface area contributed by atoms with Crippen molar-refractivity contribution in [3.05, 3.63) is 23.4 Å². The van der Waals surface area contributed by atoms with Crippen LogP contribution in [0.4, 0.5) is 0 Å². The van der Waals surface area contributed by atoms with Crippen molar-refractivity contribution >= 4 is 11.9 Å². The molecule has 0 saturated carbocycles. The average Bonchev–Trinajstić information content (AvgIpc) is 2.28. The summed E-state index contributed by atoms with van der Waals surface area (Å²) in [4.78, 5) is 3.87. The number of nitrogens with zero attached hydrogens (tertiary/aromatic N) is 3. The van der Waals surface area contributed by atoms with Crippen LogP contribution in [0.1, 0.15) is 0 Å². The number of fused-ring (bicyclic) bond motifs is 1. The normalized spacial score (nSPS) is 13.2. The molecule has 0 aromatic carbocycles. The van der Waals surface area contributed by atoms with Gasteiger partial charge >= 0.3 is 0 Å². The molecule has 4 heteroatoms. The molecule has 1 aliphatic rings. The fourth-order valence-corrected chi connectivity index (χ4v) is 0.662. The second kappa shape index (κ2) is 1.93. The van der Waals surface area contributed by atoms with E-state index in [0.717, 1.165) is 0 Å². The SMILES string of the molecule is C1=CC=c2ncoc2=NN=1. The number of allylic oxidation sites excluding steroid dienone is 1. The molecule has 4 nitrogen and oxygen atoms in total. The van der Waals surface area contributed by atoms with Crippen LogP contribution < -0.4 is 10.9 Å². The third kappa shape index (κ3) is 0.674. The molecule has 1 aromatic heterocycles. The standard InChI is InChI=1S/C6H3N3O/c1-2-5-6(9-8-3-1)10-4-7-5/h1-2,4H. The lowest BCUT2D eigenvalue weighted by atomic mass is 10.5. The van der Waals surface area contributed by atoms with E-state index in [2.05, 4.69) is 21.1 Å². The lowest BCUT2D eigenvalue weighted by Gasteiger charge is -1.65. The molecule has 10 heavy (non-hydrogen) atoms.